The molecule has 0 unspecified atom stereocenters. The Morgan fingerprint density at radius 2 is 1.31 bits per heavy atom. The van der Waals surface area contributed by atoms with E-state index in [2.05, 4.69) is 9.62 Å². The quantitative estimate of drug-likeness (QED) is 0.471. The molecule has 1 fully saturated rings. The molecule has 1 N–H and O–H groups in total. The molecule has 3 aromatic rings. The van der Waals surface area contributed by atoms with Gasteiger partial charge in [0.1, 0.15) is 17.2 Å². The van der Waals surface area contributed by atoms with Gasteiger partial charge in [0.15, 0.2) is 6.61 Å². The van der Waals surface area contributed by atoms with E-state index in [0.29, 0.717) is 30.3 Å². The highest BCUT2D eigenvalue weighted by atomic mass is 32.2. The minimum absolute atomic E-state index is 0.0895. The maximum absolute atomic E-state index is 12.6. The van der Waals surface area contributed by atoms with Gasteiger partial charge in [-0.1, -0.05) is 0 Å². The number of benzene rings is 3. The lowest BCUT2D eigenvalue weighted by Crippen LogP contribution is -2.50. The summed E-state index contributed by atoms with van der Waals surface area (Å²) in [6.07, 6.45) is 0. The van der Waals surface area contributed by atoms with E-state index < -0.39 is 10.0 Å². The molecule has 1 amide bonds. The number of ether oxygens (including phenoxy) is 3. The zero-order valence-corrected chi connectivity index (χ0v) is 21.0. The molecule has 1 aliphatic heterocycles. The number of nitrogens with zero attached hydrogens (tertiary/aromatic N) is 2. The smallest absolute Gasteiger partial charge is 0.261 e. The number of nitrogens with one attached hydrogen (secondary N) is 1. The Labute approximate surface area is 211 Å². The van der Waals surface area contributed by atoms with Crippen molar-refractivity contribution in [3.63, 3.8) is 0 Å². The summed E-state index contributed by atoms with van der Waals surface area (Å²) >= 11 is 0. The van der Waals surface area contributed by atoms with Crippen LogP contribution >= 0.6 is 0 Å². The van der Waals surface area contributed by atoms with Crippen LogP contribution in [0.1, 0.15) is 0 Å². The van der Waals surface area contributed by atoms with Gasteiger partial charge in [0.05, 0.1) is 19.1 Å². The van der Waals surface area contributed by atoms with Gasteiger partial charge < -0.3 is 24.0 Å². The van der Waals surface area contributed by atoms with Crippen molar-refractivity contribution in [3.8, 4) is 17.2 Å². The monoisotopic (exact) mass is 511 g/mol. The van der Waals surface area contributed by atoms with E-state index in [1.165, 1.54) is 24.3 Å². The summed E-state index contributed by atoms with van der Waals surface area (Å²) in [7, 11) is -0.584. The SMILES string of the molecule is COc1ccc(NS(=O)(=O)c2ccc(OCC(=O)N3CCN(c4ccc(OC)cc4)CC3)cc2)cc1. The van der Waals surface area contributed by atoms with Crippen LogP contribution in [0.25, 0.3) is 0 Å². The summed E-state index contributed by atoms with van der Waals surface area (Å²) in [5.41, 5.74) is 1.52. The van der Waals surface area contributed by atoms with Crippen LogP contribution in [0.5, 0.6) is 17.2 Å². The fourth-order valence-corrected chi connectivity index (χ4v) is 4.89. The number of carbonyl (C=O) groups excluding carboxylic acids is 1. The molecule has 9 nitrogen and oxygen atoms in total. The van der Waals surface area contributed by atoms with Gasteiger partial charge in [0, 0.05) is 37.6 Å². The second kappa shape index (κ2) is 11.2. The number of anilines is 2. The molecule has 0 saturated carbocycles. The topological polar surface area (TPSA) is 97.4 Å². The molecule has 10 heteroatoms. The number of hydrogen-bond acceptors (Lipinski definition) is 7. The predicted molar refractivity (Wildman–Crippen MR) is 138 cm³/mol. The second-order valence-electron chi connectivity index (χ2n) is 8.16. The molecule has 4 rings (SSSR count). The fourth-order valence-electron chi connectivity index (χ4n) is 3.83. The van der Waals surface area contributed by atoms with Crippen molar-refractivity contribution in [2.45, 2.75) is 4.90 Å². The largest absolute Gasteiger partial charge is 0.497 e. The number of amides is 1. The molecule has 3 aromatic carbocycles. The second-order valence-corrected chi connectivity index (χ2v) is 9.84. The van der Waals surface area contributed by atoms with Gasteiger partial charge in [0.2, 0.25) is 0 Å². The highest BCUT2D eigenvalue weighted by Crippen LogP contribution is 2.22. The molecule has 1 heterocycles. The van der Waals surface area contributed by atoms with E-state index >= 15 is 0 Å². The average molecular weight is 512 g/mol. The molecule has 190 valence electrons. The Bertz CT molecular complexity index is 1250. The Balaban J connectivity index is 1.26. The molecule has 0 atom stereocenters. The fraction of sp³-hybridized carbons (Fsp3) is 0.269. The van der Waals surface area contributed by atoms with Crippen LogP contribution in [0.4, 0.5) is 11.4 Å². The molecule has 1 saturated heterocycles. The van der Waals surface area contributed by atoms with Gasteiger partial charge in [-0.2, -0.15) is 0 Å². The summed E-state index contributed by atoms with van der Waals surface area (Å²) < 4.78 is 43.7. The number of rotatable bonds is 9. The number of methoxy groups -OCH3 is 2. The van der Waals surface area contributed by atoms with Crippen molar-refractivity contribution < 1.29 is 27.4 Å². The van der Waals surface area contributed by atoms with E-state index in [0.717, 1.165) is 24.5 Å². The van der Waals surface area contributed by atoms with Crippen molar-refractivity contribution in [3.05, 3.63) is 72.8 Å². The minimum Gasteiger partial charge on any atom is -0.497 e. The molecule has 1 aliphatic rings. The first kappa shape index (κ1) is 25.2. The van der Waals surface area contributed by atoms with E-state index in [9.17, 15) is 13.2 Å². The summed E-state index contributed by atoms with van der Waals surface area (Å²) in [5, 5.41) is 0. The molecule has 36 heavy (non-hydrogen) atoms. The predicted octanol–water partition coefficient (Wildman–Crippen LogP) is 3.23. The highest BCUT2D eigenvalue weighted by Gasteiger charge is 2.22. The van der Waals surface area contributed by atoms with Crippen molar-refractivity contribution in [1.82, 2.24) is 4.90 Å². The van der Waals surface area contributed by atoms with E-state index in [4.69, 9.17) is 14.2 Å². The standard InChI is InChI=1S/C26H29N3O6S/c1-33-22-7-3-20(4-8-22)27-36(31,32)25-13-11-24(12-14-25)35-19-26(30)29-17-15-28(16-18-29)21-5-9-23(34-2)10-6-21/h3-14,27H,15-19H2,1-2H3. The number of piperazine rings is 1. The van der Waals surface area contributed by atoms with Crippen molar-refractivity contribution in [1.29, 1.82) is 0 Å². The Kier molecular flexibility index (Phi) is 7.84. The van der Waals surface area contributed by atoms with Crippen molar-refractivity contribution in [2.24, 2.45) is 0 Å². The third-order valence-electron chi connectivity index (χ3n) is 5.91. The Morgan fingerprint density at radius 1 is 0.778 bits per heavy atom. The van der Waals surface area contributed by atoms with Crippen LogP contribution < -0.4 is 23.8 Å². The third-order valence-corrected chi connectivity index (χ3v) is 7.31. The lowest BCUT2D eigenvalue weighted by molar-refractivity contribution is -0.133. The van der Waals surface area contributed by atoms with Crippen LogP contribution in [0.2, 0.25) is 0 Å². The van der Waals surface area contributed by atoms with Crippen LogP contribution in [-0.4, -0.2) is 66.2 Å². The summed E-state index contributed by atoms with van der Waals surface area (Å²) in [5.74, 6) is 1.75. The molecule has 0 aliphatic carbocycles. The summed E-state index contributed by atoms with van der Waals surface area (Å²) in [6.45, 7) is 2.54. The van der Waals surface area contributed by atoms with Crippen molar-refractivity contribution >= 4 is 27.3 Å². The summed E-state index contributed by atoms with van der Waals surface area (Å²) in [6, 6.07) is 20.4. The summed E-state index contributed by atoms with van der Waals surface area (Å²) in [4.78, 5) is 16.7. The first-order valence-corrected chi connectivity index (χ1v) is 12.9. The van der Waals surface area contributed by atoms with Crippen molar-refractivity contribution in [2.75, 3.05) is 56.6 Å². The maximum Gasteiger partial charge on any atom is 0.261 e. The number of hydrogen-bond donors (Lipinski definition) is 1. The zero-order chi connectivity index (χ0) is 25.5. The third kappa shape index (κ3) is 6.19. The van der Waals surface area contributed by atoms with Gasteiger partial charge in [-0.05, 0) is 72.8 Å². The highest BCUT2D eigenvalue weighted by molar-refractivity contribution is 7.92. The van der Waals surface area contributed by atoms with Crippen LogP contribution in [0.15, 0.2) is 77.7 Å². The first-order chi connectivity index (χ1) is 17.4. The maximum atomic E-state index is 12.6. The molecule has 0 radical (unpaired) electrons. The lowest BCUT2D eigenvalue weighted by Gasteiger charge is -2.36. The normalized spacial score (nSPS) is 13.7. The van der Waals surface area contributed by atoms with Crippen LogP contribution in [-0.2, 0) is 14.8 Å². The van der Waals surface area contributed by atoms with Crippen LogP contribution in [0.3, 0.4) is 0 Å². The Hall–Kier alpha value is -3.92. The van der Waals surface area contributed by atoms with Crippen LogP contribution in [0, 0.1) is 0 Å². The average Bonchev–Trinajstić information content (AvgIpc) is 2.92. The lowest BCUT2D eigenvalue weighted by atomic mass is 10.2. The Morgan fingerprint density at radius 3 is 1.86 bits per heavy atom. The number of sulfonamides is 1. The van der Waals surface area contributed by atoms with Gasteiger partial charge in [0.25, 0.3) is 15.9 Å². The minimum atomic E-state index is -3.76. The van der Waals surface area contributed by atoms with Gasteiger partial charge >= 0.3 is 0 Å². The zero-order valence-electron chi connectivity index (χ0n) is 20.2. The molecular formula is C26H29N3O6S. The van der Waals surface area contributed by atoms with Gasteiger partial charge in [-0.25, -0.2) is 8.42 Å². The molecule has 0 spiro atoms. The van der Waals surface area contributed by atoms with E-state index in [-0.39, 0.29) is 17.4 Å². The molecule has 0 aromatic heterocycles. The van der Waals surface area contributed by atoms with E-state index in [1.807, 2.05) is 24.3 Å². The molecular weight excluding hydrogens is 482 g/mol. The first-order valence-electron chi connectivity index (χ1n) is 11.4. The molecule has 0 bridgehead atoms. The van der Waals surface area contributed by atoms with E-state index in [1.54, 1.807) is 43.4 Å². The van der Waals surface area contributed by atoms with Gasteiger partial charge in [-0.3, -0.25) is 9.52 Å². The van der Waals surface area contributed by atoms with Gasteiger partial charge in [-0.15, -0.1) is 0 Å². The number of carbonyl (C=O) groups is 1.